The first-order valence-electron chi connectivity index (χ1n) is 6.25. The lowest BCUT2D eigenvalue weighted by molar-refractivity contribution is -0.149. The number of Topliss-reactive ketones (excluding diaryl/α,β-unsaturated/α-hetero) is 1. The van der Waals surface area contributed by atoms with Gasteiger partial charge in [-0.15, -0.1) is 0 Å². The maximum Gasteiger partial charge on any atom is 0.331 e. The molecule has 20 heavy (non-hydrogen) atoms. The molecular weight excluding hydrogens is 262 g/mol. The zero-order valence-corrected chi connectivity index (χ0v) is 11.8. The molecule has 2 N–H and O–H groups in total. The first-order valence-corrected chi connectivity index (χ1v) is 6.25. The van der Waals surface area contributed by atoms with E-state index in [-0.39, 0.29) is 6.61 Å². The van der Waals surface area contributed by atoms with Crippen molar-refractivity contribution in [1.82, 2.24) is 0 Å². The number of ketones is 1. The monoisotopic (exact) mass is 281 g/mol. The number of carbonyl (C=O) groups excluding carboxylic acids is 2. The Morgan fingerprint density at radius 3 is 2.35 bits per heavy atom. The van der Waals surface area contributed by atoms with Gasteiger partial charge in [-0.1, -0.05) is 0 Å². The second kappa shape index (κ2) is 7.49. The molecular formula is C14H19NO5. The molecule has 6 heteroatoms. The van der Waals surface area contributed by atoms with E-state index in [1.165, 1.54) is 6.92 Å². The molecule has 0 aromatic heterocycles. The van der Waals surface area contributed by atoms with Gasteiger partial charge in [0.05, 0.1) is 13.7 Å². The molecule has 0 aliphatic rings. The third-order valence-corrected chi connectivity index (χ3v) is 2.68. The summed E-state index contributed by atoms with van der Waals surface area (Å²) in [6.45, 7) is 3.04. The van der Waals surface area contributed by atoms with E-state index in [1.807, 2.05) is 0 Å². The first-order chi connectivity index (χ1) is 9.49. The van der Waals surface area contributed by atoms with Crippen molar-refractivity contribution in [3.05, 3.63) is 24.3 Å². The number of ether oxygens (including phenoxy) is 2. The number of methoxy groups -OCH3 is 1. The predicted molar refractivity (Wildman–Crippen MR) is 73.7 cm³/mol. The van der Waals surface area contributed by atoms with E-state index in [9.17, 15) is 14.7 Å². The number of anilines is 1. The summed E-state index contributed by atoms with van der Waals surface area (Å²) in [4.78, 5) is 23.1. The third-order valence-electron chi connectivity index (χ3n) is 2.68. The van der Waals surface area contributed by atoms with Crippen molar-refractivity contribution in [3.8, 4) is 5.75 Å². The lowest BCUT2D eigenvalue weighted by Gasteiger charge is -2.21. The average Bonchev–Trinajstić information content (AvgIpc) is 2.44. The molecule has 1 aromatic carbocycles. The van der Waals surface area contributed by atoms with Gasteiger partial charge in [0.15, 0.2) is 11.8 Å². The Morgan fingerprint density at radius 1 is 1.30 bits per heavy atom. The average molecular weight is 281 g/mol. The van der Waals surface area contributed by atoms with Crippen LogP contribution >= 0.6 is 0 Å². The van der Waals surface area contributed by atoms with Gasteiger partial charge in [0.1, 0.15) is 11.9 Å². The Hall–Kier alpha value is -2.08. The molecule has 0 aliphatic carbocycles. The van der Waals surface area contributed by atoms with E-state index in [4.69, 9.17) is 9.47 Å². The summed E-state index contributed by atoms with van der Waals surface area (Å²) in [5.74, 6) is -0.523. The molecule has 0 bridgehead atoms. The highest BCUT2D eigenvalue weighted by molar-refractivity contribution is 5.91. The van der Waals surface area contributed by atoms with Crippen LogP contribution in [0.2, 0.25) is 0 Å². The minimum Gasteiger partial charge on any atom is -0.497 e. The molecule has 0 saturated heterocycles. The number of aliphatic hydroxyl groups excluding tert-OH is 1. The van der Waals surface area contributed by atoms with Gasteiger partial charge in [-0.2, -0.15) is 0 Å². The molecule has 0 aliphatic heterocycles. The molecule has 1 aromatic rings. The van der Waals surface area contributed by atoms with Crippen molar-refractivity contribution in [2.45, 2.75) is 26.0 Å². The Bertz CT molecular complexity index is 457. The van der Waals surface area contributed by atoms with E-state index in [0.717, 1.165) is 0 Å². The molecule has 6 nitrogen and oxygen atoms in total. The fourth-order valence-corrected chi connectivity index (χ4v) is 1.60. The van der Waals surface area contributed by atoms with Crippen molar-refractivity contribution >= 4 is 17.4 Å². The molecule has 1 rings (SSSR count). The van der Waals surface area contributed by atoms with Crippen molar-refractivity contribution in [2.75, 3.05) is 19.0 Å². The highest BCUT2D eigenvalue weighted by Gasteiger charge is 2.31. The normalized spacial score (nSPS) is 13.2. The van der Waals surface area contributed by atoms with Crippen LogP contribution in [0.4, 0.5) is 5.69 Å². The summed E-state index contributed by atoms with van der Waals surface area (Å²) in [5.41, 5.74) is 0.573. The first kappa shape index (κ1) is 16.0. The van der Waals surface area contributed by atoms with Crippen LogP contribution in [0.3, 0.4) is 0 Å². The molecule has 0 heterocycles. The molecule has 0 radical (unpaired) electrons. The second-order valence-electron chi connectivity index (χ2n) is 4.16. The number of hydrogen-bond donors (Lipinski definition) is 2. The predicted octanol–water partition coefficient (Wildman–Crippen LogP) is 0.989. The van der Waals surface area contributed by atoms with E-state index < -0.39 is 23.9 Å². The minimum absolute atomic E-state index is 0.171. The molecule has 2 unspecified atom stereocenters. The molecule has 0 fully saturated rings. The summed E-state index contributed by atoms with van der Waals surface area (Å²) >= 11 is 0. The Balaban J connectivity index is 2.87. The quantitative estimate of drug-likeness (QED) is 0.725. The fraction of sp³-hybridized carbons (Fsp3) is 0.429. The Kier molecular flexibility index (Phi) is 5.99. The second-order valence-corrected chi connectivity index (χ2v) is 4.16. The van der Waals surface area contributed by atoms with Gasteiger partial charge in [-0.3, -0.25) is 4.79 Å². The Labute approximate surface area is 117 Å². The van der Waals surface area contributed by atoms with Crippen LogP contribution in [0.1, 0.15) is 13.8 Å². The summed E-state index contributed by atoms with van der Waals surface area (Å²) in [6, 6.07) is 5.62. The SMILES string of the molecule is CCOC(=O)C(Nc1ccc(OC)cc1)C(O)C(C)=O. The van der Waals surface area contributed by atoms with Gasteiger partial charge in [0.25, 0.3) is 0 Å². The maximum atomic E-state index is 11.8. The lowest BCUT2D eigenvalue weighted by atomic mass is 10.1. The van der Waals surface area contributed by atoms with Crippen molar-refractivity contribution in [1.29, 1.82) is 0 Å². The standard InChI is InChI=1S/C14H19NO5/c1-4-20-14(18)12(13(17)9(2)16)15-10-5-7-11(19-3)8-6-10/h5-8,12-13,15,17H,4H2,1-3H3. The van der Waals surface area contributed by atoms with E-state index >= 15 is 0 Å². The van der Waals surface area contributed by atoms with Crippen molar-refractivity contribution in [2.24, 2.45) is 0 Å². The van der Waals surface area contributed by atoms with Crippen LogP contribution in [0.15, 0.2) is 24.3 Å². The van der Waals surface area contributed by atoms with Crippen LogP contribution in [0.25, 0.3) is 0 Å². The van der Waals surface area contributed by atoms with E-state index in [1.54, 1.807) is 38.3 Å². The lowest BCUT2D eigenvalue weighted by Crippen LogP contribution is -2.45. The fourth-order valence-electron chi connectivity index (χ4n) is 1.60. The van der Waals surface area contributed by atoms with Crippen LogP contribution in [-0.4, -0.2) is 42.7 Å². The van der Waals surface area contributed by atoms with Gasteiger partial charge < -0.3 is 19.9 Å². The number of aliphatic hydroxyl groups is 1. The maximum absolute atomic E-state index is 11.8. The van der Waals surface area contributed by atoms with Crippen LogP contribution in [0, 0.1) is 0 Å². The topological polar surface area (TPSA) is 84.9 Å². The third kappa shape index (κ3) is 4.24. The van der Waals surface area contributed by atoms with Gasteiger partial charge in [0.2, 0.25) is 0 Å². The largest absolute Gasteiger partial charge is 0.497 e. The highest BCUT2D eigenvalue weighted by atomic mass is 16.5. The summed E-state index contributed by atoms with van der Waals surface area (Å²) < 4.78 is 9.88. The number of esters is 1. The number of rotatable bonds is 7. The highest BCUT2D eigenvalue weighted by Crippen LogP contribution is 2.17. The van der Waals surface area contributed by atoms with Crippen LogP contribution in [0.5, 0.6) is 5.75 Å². The number of benzene rings is 1. The zero-order valence-electron chi connectivity index (χ0n) is 11.8. The minimum atomic E-state index is -1.46. The molecule has 2 atom stereocenters. The van der Waals surface area contributed by atoms with Crippen LogP contribution in [-0.2, 0) is 14.3 Å². The molecule has 0 saturated carbocycles. The number of carbonyl (C=O) groups is 2. The van der Waals surface area contributed by atoms with Gasteiger partial charge in [0, 0.05) is 5.69 Å². The van der Waals surface area contributed by atoms with E-state index in [0.29, 0.717) is 11.4 Å². The summed E-state index contributed by atoms with van der Waals surface area (Å²) in [7, 11) is 1.54. The molecule has 110 valence electrons. The summed E-state index contributed by atoms with van der Waals surface area (Å²) in [5, 5.41) is 12.6. The summed E-state index contributed by atoms with van der Waals surface area (Å²) in [6.07, 6.45) is -1.46. The van der Waals surface area contributed by atoms with Crippen molar-refractivity contribution < 1.29 is 24.2 Å². The molecule has 0 spiro atoms. The van der Waals surface area contributed by atoms with Crippen molar-refractivity contribution in [3.63, 3.8) is 0 Å². The smallest absolute Gasteiger partial charge is 0.331 e. The number of nitrogens with one attached hydrogen (secondary N) is 1. The number of hydrogen-bond acceptors (Lipinski definition) is 6. The van der Waals surface area contributed by atoms with Gasteiger partial charge in [-0.05, 0) is 38.1 Å². The van der Waals surface area contributed by atoms with Gasteiger partial charge >= 0.3 is 5.97 Å². The molecule has 0 amide bonds. The Morgan fingerprint density at radius 2 is 1.90 bits per heavy atom. The van der Waals surface area contributed by atoms with Crippen LogP contribution < -0.4 is 10.1 Å². The van der Waals surface area contributed by atoms with E-state index in [2.05, 4.69) is 5.32 Å². The van der Waals surface area contributed by atoms with Gasteiger partial charge in [-0.25, -0.2) is 4.79 Å². The zero-order chi connectivity index (χ0) is 15.1.